The van der Waals surface area contributed by atoms with Crippen molar-refractivity contribution in [3.05, 3.63) is 24.8 Å². The first-order chi connectivity index (χ1) is 10.6. The summed E-state index contributed by atoms with van der Waals surface area (Å²) in [6, 6.07) is 0. The second-order valence-corrected chi connectivity index (χ2v) is 6.09. The molecule has 2 heterocycles. The van der Waals surface area contributed by atoms with Gasteiger partial charge in [0.25, 0.3) is 0 Å². The van der Waals surface area contributed by atoms with Gasteiger partial charge in [-0.2, -0.15) is 0 Å². The van der Waals surface area contributed by atoms with Crippen LogP contribution in [-0.2, 0) is 23.7 Å². The van der Waals surface area contributed by atoms with Crippen LogP contribution in [0.3, 0.4) is 0 Å². The predicted octanol–water partition coefficient (Wildman–Crippen LogP) is 2.26. The average Bonchev–Trinajstić information content (AvgIpc) is 2.87. The Balaban J connectivity index is 2.18. The van der Waals surface area contributed by atoms with Gasteiger partial charge >= 0.3 is 5.97 Å². The van der Waals surface area contributed by atoms with Gasteiger partial charge in [-0.3, -0.25) is 4.79 Å². The molecule has 5 atom stereocenters. The van der Waals surface area contributed by atoms with Crippen molar-refractivity contribution in [2.24, 2.45) is 5.92 Å². The number of ether oxygens (including phenoxy) is 4. The van der Waals surface area contributed by atoms with E-state index < -0.39 is 5.60 Å². The molecule has 22 heavy (non-hydrogen) atoms. The Morgan fingerprint density at radius 1 is 1.45 bits per heavy atom. The lowest BCUT2D eigenvalue weighted by Crippen LogP contribution is -2.60. The number of carbonyl (C=O) groups is 1. The van der Waals surface area contributed by atoms with Crippen molar-refractivity contribution in [2.75, 3.05) is 20.8 Å². The lowest BCUT2D eigenvalue weighted by molar-refractivity contribution is -0.246. The zero-order valence-corrected chi connectivity index (χ0v) is 13.6. The number of carbonyl (C=O) groups excluding carboxylic acids is 1. The lowest BCUT2D eigenvalue weighted by Gasteiger charge is -2.48. The Hall–Kier alpha value is -1.17. The van der Waals surface area contributed by atoms with Gasteiger partial charge in [-0.25, -0.2) is 0 Å². The van der Waals surface area contributed by atoms with Gasteiger partial charge in [-0.15, -0.1) is 0 Å². The number of fused-ring (bicyclic) bond motifs is 1. The van der Waals surface area contributed by atoms with E-state index in [0.717, 1.165) is 12.8 Å². The van der Waals surface area contributed by atoms with Crippen LogP contribution in [0.2, 0.25) is 0 Å². The molecule has 0 radical (unpaired) electrons. The fourth-order valence-electron chi connectivity index (χ4n) is 3.53. The Morgan fingerprint density at radius 3 is 2.86 bits per heavy atom. The lowest BCUT2D eigenvalue weighted by atomic mass is 9.75. The summed E-state index contributed by atoms with van der Waals surface area (Å²) in [6.07, 6.45) is 6.99. The molecule has 2 aliphatic rings. The maximum absolute atomic E-state index is 11.8. The third-order valence-corrected chi connectivity index (χ3v) is 4.63. The van der Waals surface area contributed by atoms with Crippen LogP contribution in [0.1, 0.15) is 26.2 Å². The van der Waals surface area contributed by atoms with Gasteiger partial charge in [0.1, 0.15) is 18.3 Å². The van der Waals surface area contributed by atoms with Crippen LogP contribution in [0.5, 0.6) is 0 Å². The Morgan fingerprint density at radius 2 is 2.23 bits per heavy atom. The van der Waals surface area contributed by atoms with Crippen molar-refractivity contribution >= 4 is 5.97 Å². The van der Waals surface area contributed by atoms with E-state index in [1.165, 1.54) is 0 Å². The first kappa shape index (κ1) is 17.2. The van der Waals surface area contributed by atoms with E-state index >= 15 is 0 Å². The summed E-state index contributed by atoms with van der Waals surface area (Å²) in [7, 11) is 3.25. The summed E-state index contributed by atoms with van der Waals surface area (Å²) in [5, 5.41) is 0. The Kier molecular flexibility index (Phi) is 5.78. The average molecular weight is 310 g/mol. The summed E-state index contributed by atoms with van der Waals surface area (Å²) < 4.78 is 22.7. The monoisotopic (exact) mass is 310 g/mol. The van der Waals surface area contributed by atoms with Gasteiger partial charge in [-0.05, 0) is 19.8 Å². The standard InChI is InChI=1S/C17H26O5/c1-5-6-7-8-9-17(2)12-10-14(18)21-15(12)16(20-4)13(22-17)11-19-3/h5-7,12-13,15-16H,1,8-11H2,2-4H3/b7-6-/t12-,13+,15+,16+,17+/m0/s1. The zero-order chi connectivity index (χ0) is 16.2. The third kappa shape index (κ3) is 3.42. The van der Waals surface area contributed by atoms with Gasteiger partial charge < -0.3 is 18.9 Å². The molecule has 2 fully saturated rings. The van der Waals surface area contributed by atoms with E-state index in [2.05, 4.69) is 19.6 Å². The molecule has 5 heteroatoms. The van der Waals surface area contributed by atoms with Gasteiger partial charge in [0, 0.05) is 20.1 Å². The maximum atomic E-state index is 11.8. The minimum atomic E-state index is -0.430. The molecule has 124 valence electrons. The largest absolute Gasteiger partial charge is 0.459 e. The summed E-state index contributed by atoms with van der Waals surface area (Å²) in [6.45, 7) is 6.14. The minimum absolute atomic E-state index is 0.00943. The van der Waals surface area contributed by atoms with Crippen LogP contribution >= 0.6 is 0 Å². The highest BCUT2D eigenvalue weighted by Gasteiger charge is 2.57. The number of hydrogen-bond acceptors (Lipinski definition) is 5. The van der Waals surface area contributed by atoms with E-state index in [1.807, 2.05) is 6.08 Å². The van der Waals surface area contributed by atoms with Crippen LogP contribution in [0.25, 0.3) is 0 Å². The molecule has 2 saturated heterocycles. The molecule has 0 aromatic carbocycles. The second-order valence-electron chi connectivity index (χ2n) is 6.09. The predicted molar refractivity (Wildman–Crippen MR) is 82.5 cm³/mol. The molecule has 0 aromatic rings. The van der Waals surface area contributed by atoms with E-state index in [0.29, 0.717) is 13.0 Å². The number of methoxy groups -OCH3 is 2. The molecule has 5 nitrogen and oxygen atoms in total. The third-order valence-electron chi connectivity index (χ3n) is 4.63. The molecule has 0 aliphatic carbocycles. The van der Waals surface area contributed by atoms with E-state index in [9.17, 15) is 4.79 Å². The van der Waals surface area contributed by atoms with Crippen molar-refractivity contribution < 1.29 is 23.7 Å². The van der Waals surface area contributed by atoms with Gasteiger partial charge in [-0.1, -0.05) is 24.8 Å². The molecule has 2 rings (SSSR count). The van der Waals surface area contributed by atoms with Gasteiger partial charge in [0.15, 0.2) is 0 Å². The van der Waals surface area contributed by atoms with E-state index in [-0.39, 0.29) is 30.2 Å². The minimum Gasteiger partial charge on any atom is -0.459 e. The fourth-order valence-corrected chi connectivity index (χ4v) is 3.53. The van der Waals surface area contributed by atoms with Crippen LogP contribution in [-0.4, -0.2) is 50.7 Å². The maximum Gasteiger partial charge on any atom is 0.306 e. The molecular weight excluding hydrogens is 284 g/mol. The number of allylic oxidation sites excluding steroid dienone is 3. The second kappa shape index (κ2) is 7.40. The van der Waals surface area contributed by atoms with E-state index in [1.54, 1.807) is 20.3 Å². The first-order valence-electron chi connectivity index (χ1n) is 7.72. The highest BCUT2D eigenvalue weighted by molar-refractivity contribution is 5.72. The SMILES string of the molecule is C=C/C=C\CC[C@@]1(C)O[C@H](COC)[C@@H](OC)[C@@H]2OC(=O)C[C@@H]21. The van der Waals surface area contributed by atoms with Crippen LogP contribution < -0.4 is 0 Å². The van der Waals surface area contributed by atoms with Gasteiger partial charge in [0.05, 0.1) is 18.6 Å². The molecule has 2 aliphatic heterocycles. The van der Waals surface area contributed by atoms with Crippen LogP contribution in [0, 0.1) is 5.92 Å². The fraction of sp³-hybridized carbons (Fsp3) is 0.706. The van der Waals surface area contributed by atoms with Gasteiger partial charge in [0.2, 0.25) is 0 Å². The van der Waals surface area contributed by atoms with Crippen molar-refractivity contribution in [1.82, 2.24) is 0 Å². The van der Waals surface area contributed by atoms with Crippen molar-refractivity contribution in [3.63, 3.8) is 0 Å². The summed E-state index contributed by atoms with van der Waals surface area (Å²) in [4.78, 5) is 11.8. The smallest absolute Gasteiger partial charge is 0.306 e. The zero-order valence-electron chi connectivity index (χ0n) is 13.6. The molecule has 0 spiro atoms. The Labute approximate surface area is 132 Å². The van der Waals surface area contributed by atoms with Crippen molar-refractivity contribution in [1.29, 1.82) is 0 Å². The molecule has 0 saturated carbocycles. The molecule has 0 amide bonds. The van der Waals surface area contributed by atoms with Crippen LogP contribution in [0.15, 0.2) is 24.8 Å². The normalized spacial score (nSPS) is 38.0. The summed E-state index contributed by atoms with van der Waals surface area (Å²) in [5.41, 5.74) is -0.430. The topological polar surface area (TPSA) is 54.0 Å². The van der Waals surface area contributed by atoms with Crippen molar-refractivity contribution in [3.8, 4) is 0 Å². The van der Waals surface area contributed by atoms with E-state index in [4.69, 9.17) is 18.9 Å². The number of esters is 1. The molecule has 0 bridgehead atoms. The quantitative estimate of drug-likeness (QED) is 0.533. The Bertz CT molecular complexity index is 433. The first-order valence-corrected chi connectivity index (χ1v) is 7.72. The molecular formula is C17H26O5. The molecule has 0 N–H and O–H groups in total. The summed E-state index contributed by atoms with van der Waals surface area (Å²) >= 11 is 0. The van der Waals surface area contributed by atoms with Crippen molar-refractivity contribution in [2.45, 2.75) is 50.1 Å². The summed E-state index contributed by atoms with van der Waals surface area (Å²) in [5.74, 6) is -0.165. The highest BCUT2D eigenvalue weighted by Crippen LogP contribution is 2.45. The molecule has 0 unspecified atom stereocenters. The van der Waals surface area contributed by atoms with Crippen LogP contribution in [0.4, 0.5) is 0 Å². The number of hydrogen-bond donors (Lipinski definition) is 0. The number of rotatable bonds is 7. The highest BCUT2D eigenvalue weighted by atomic mass is 16.6. The molecule has 0 aromatic heterocycles.